The highest BCUT2D eigenvalue weighted by atomic mass is 16.6. The van der Waals surface area contributed by atoms with E-state index in [9.17, 15) is 10.1 Å². The van der Waals surface area contributed by atoms with Gasteiger partial charge in [-0.1, -0.05) is 6.07 Å². The van der Waals surface area contributed by atoms with Crippen molar-refractivity contribution in [2.24, 2.45) is 5.10 Å². The topological polar surface area (TPSA) is 98.5 Å². The summed E-state index contributed by atoms with van der Waals surface area (Å²) in [7, 11) is 3.17. The fourth-order valence-electron chi connectivity index (χ4n) is 3.09. The van der Waals surface area contributed by atoms with Gasteiger partial charge in [-0.2, -0.15) is 5.10 Å². The molecule has 2 aromatic rings. The summed E-state index contributed by atoms with van der Waals surface area (Å²) in [6.45, 7) is 3.20. The molecule has 1 fully saturated rings. The van der Waals surface area contributed by atoms with Crippen LogP contribution in [0.25, 0.3) is 0 Å². The summed E-state index contributed by atoms with van der Waals surface area (Å²) in [6.07, 6.45) is 1.61. The van der Waals surface area contributed by atoms with Gasteiger partial charge in [0.25, 0.3) is 5.69 Å². The second kappa shape index (κ2) is 9.74. The number of nitro benzene ring substituents is 1. The average Bonchev–Trinajstić information content (AvgIpc) is 2.77. The van der Waals surface area contributed by atoms with E-state index in [-0.39, 0.29) is 5.69 Å². The molecule has 0 aliphatic carbocycles. The first-order valence-electron chi connectivity index (χ1n) is 9.20. The molecule has 2 aromatic carbocycles. The van der Waals surface area contributed by atoms with Crippen molar-refractivity contribution in [3.05, 3.63) is 57.6 Å². The molecule has 154 valence electrons. The second-order valence-electron chi connectivity index (χ2n) is 6.38. The number of nitro groups is 1. The molecule has 0 amide bonds. The van der Waals surface area contributed by atoms with E-state index in [0.717, 1.165) is 24.3 Å². The molecule has 0 saturated carbocycles. The van der Waals surface area contributed by atoms with Crippen LogP contribution in [0.4, 0.5) is 11.4 Å². The zero-order valence-electron chi connectivity index (χ0n) is 16.5. The molecule has 9 nitrogen and oxygen atoms in total. The summed E-state index contributed by atoms with van der Waals surface area (Å²) in [4.78, 5) is 12.9. The molecule has 0 bridgehead atoms. The minimum atomic E-state index is -0.405. The number of hydrazone groups is 1. The Labute approximate surface area is 169 Å². The lowest BCUT2D eigenvalue weighted by Crippen LogP contribution is -2.36. The van der Waals surface area contributed by atoms with Gasteiger partial charge in [-0.3, -0.25) is 10.1 Å². The van der Waals surface area contributed by atoms with Gasteiger partial charge in [0.2, 0.25) is 0 Å². The molecule has 0 aromatic heterocycles. The van der Waals surface area contributed by atoms with Crippen molar-refractivity contribution in [3.8, 4) is 11.5 Å². The first-order chi connectivity index (χ1) is 14.1. The lowest BCUT2D eigenvalue weighted by Gasteiger charge is -2.29. The number of nitrogens with zero attached hydrogens (tertiary/aromatic N) is 3. The van der Waals surface area contributed by atoms with Gasteiger partial charge in [0.1, 0.15) is 0 Å². The Morgan fingerprint density at radius 3 is 2.62 bits per heavy atom. The van der Waals surface area contributed by atoms with Crippen LogP contribution in [0.2, 0.25) is 0 Å². The minimum Gasteiger partial charge on any atom is -0.493 e. The van der Waals surface area contributed by atoms with Crippen molar-refractivity contribution in [2.45, 2.75) is 6.54 Å². The maximum atomic E-state index is 11.2. The van der Waals surface area contributed by atoms with E-state index < -0.39 is 4.92 Å². The van der Waals surface area contributed by atoms with Crippen LogP contribution in [-0.2, 0) is 11.3 Å². The largest absolute Gasteiger partial charge is 0.493 e. The van der Waals surface area contributed by atoms with Crippen LogP contribution in [0, 0.1) is 10.1 Å². The lowest BCUT2D eigenvalue weighted by molar-refractivity contribution is -0.384. The van der Waals surface area contributed by atoms with Crippen molar-refractivity contribution in [3.63, 3.8) is 0 Å². The number of anilines is 1. The number of hydrogen-bond acceptors (Lipinski definition) is 8. The van der Waals surface area contributed by atoms with Crippen molar-refractivity contribution in [1.29, 1.82) is 0 Å². The molecule has 1 N–H and O–H groups in total. The van der Waals surface area contributed by atoms with Crippen molar-refractivity contribution in [1.82, 2.24) is 5.43 Å². The molecule has 3 rings (SSSR count). The highest BCUT2D eigenvalue weighted by molar-refractivity contribution is 5.89. The summed E-state index contributed by atoms with van der Waals surface area (Å²) < 4.78 is 15.9. The van der Waals surface area contributed by atoms with E-state index in [1.54, 1.807) is 26.5 Å². The lowest BCUT2D eigenvalue weighted by atomic mass is 10.1. The van der Waals surface area contributed by atoms with Crippen molar-refractivity contribution >= 4 is 17.6 Å². The maximum absolute atomic E-state index is 11.2. The van der Waals surface area contributed by atoms with Gasteiger partial charge in [-0.15, -0.1) is 0 Å². The zero-order chi connectivity index (χ0) is 20.6. The number of non-ortho nitro benzene ring substituents is 1. The van der Waals surface area contributed by atoms with E-state index in [1.807, 2.05) is 18.2 Å². The maximum Gasteiger partial charge on any atom is 0.270 e. The monoisotopic (exact) mass is 400 g/mol. The summed E-state index contributed by atoms with van der Waals surface area (Å²) in [5.74, 6) is 1.30. The van der Waals surface area contributed by atoms with Gasteiger partial charge in [-0.05, 0) is 23.8 Å². The molecule has 1 aliphatic heterocycles. The quantitative estimate of drug-likeness (QED) is 0.413. The average molecular weight is 400 g/mol. The van der Waals surface area contributed by atoms with Gasteiger partial charge in [0, 0.05) is 36.5 Å². The number of methoxy groups -OCH3 is 2. The van der Waals surface area contributed by atoms with Gasteiger partial charge in [0.05, 0.1) is 45.1 Å². The van der Waals surface area contributed by atoms with E-state index in [1.165, 1.54) is 12.1 Å². The molecule has 9 heteroatoms. The summed E-state index contributed by atoms with van der Waals surface area (Å²) in [5.41, 5.74) is 5.55. The van der Waals surface area contributed by atoms with E-state index in [4.69, 9.17) is 14.2 Å². The molecule has 1 saturated heterocycles. The molecule has 0 radical (unpaired) electrons. The number of hydrogen-bond donors (Lipinski definition) is 1. The van der Waals surface area contributed by atoms with Crippen molar-refractivity contribution < 1.29 is 19.1 Å². The standard InChI is InChI=1S/C20H24N4O5/c1-27-19-6-3-15(11-20(19)28-2)13-21-22-14-16-12-17(24(25)26)4-5-18(16)23-7-9-29-10-8-23/h3-6,11-12,14,21H,7-10,13H2,1-2H3/b22-14+. The minimum absolute atomic E-state index is 0.0309. The van der Waals surface area contributed by atoms with Gasteiger partial charge in [0.15, 0.2) is 11.5 Å². The number of morpholine rings is 1. The molecule has 0 atom stereocenters. The van der Waals surface area contributed by atoms with Crippen LogP contribution < -0.4 is 19.8 Å². The molecule has 1 heterocycles. The molecular formula is C20H24N4O5. The third-order valence-electron chi connectivity index (χ3n) is 4.60. The van der Waals surface area contributed by atoms with E-state index in [2.05, 4.69) is 15.4 Å². The van der Waals surface area contributed by atoms with Crippen molar-refractivity contribution in [2.75, 3.05) is 45.4 Å². The third kappa shape index (κ3) is 5.14. The summed E-state index contributed by atoms with van der Waals surface area (Å²) in [5, 5.41) is 15.4. The number of nitrogens with one attached hydrogen (secondary N) is 1. The number of benzene rings is 2. The second-order valence-corrected chi connectivity index (χ2v) is 6.38. The fraction of sp³-hybridized carbons (Fsp3) is 0.350. The first kappa shape index (κ1) is 20.4. The molecule has 0 spiro atoms. The first-order valence-corrected chi connectivity index (χ1v) is 9.20. The Morgan fingerprint density at radius 1 is 1.17 bits per heavy atom. The van der Waals surface area contributed by atoms with Crippen LogP contribution in [-0.4, -0.2) is 51.7 Å². The number of ether oxygens (including phenoxy) is 3. The molecular weight excluding hydrogens is 376 g/mol. The Balaban J connectivity index is 1.73. The van der Waals surface area contributed by atoms with Crippen LogP contribution in [0.1, 0.15) is 11.1 Å². The molecule has 29 heavy (non-hydrogen) atoms. The van der Waals surface area contributed by atoms with Crippen LogP contribution in [0.5, 0.6) is 11.5 Å². The SMILES string of the molecule is COc1ccc(CN/N=C/c2cc([N+](=O)[O-])ccc2N2CCOCC2)cc1OC. The van der Waals surface area contributed by atoms with Crippen LogP contribution in [0.15, 0.2) is 41.5 Å². The highest BCUT2D eigenvalue weighted by Gasteiger charge is 2.17. The smallest absolute Gasteiger partial charge is 0.270 e. The van der Waals surface area contributed by atoms with Gasteiger partial charge < -0.3 is 24.5 Å². The van der Waals surface area contributed by atoms with Crippen LogP contribution in [0.3, 0.4) is 0 Å². The molecule has 0 unspecified atom stereocenters. The Hall–Kier alpha value is -3.33. The predicted molar refractivity (Wildman–Crippen MR) is 110 cm³/mol. The zero-order valence-corrected chi connectivity index (χ0v) is 16.5. The van der Waals surface area contributed by atoms with Crippen LogP contribution >= 0.6 is 0 Å². The van der Waals surface area contributed by atoms with Gasteiger partial charge in [-0.25, -0.2) is 0 Å². The normalized spacial score (nSPS) is 14.1. The summed E-state index contributed by atoms with van der Waals surface area (Å²) in [6, 6.07) is 10.4. The van der Waals surface area contributed by atoms with E-state index in [0.29, 0.717) is 36.8 Å². The molecule has 1 aliphatic rings. The predicted octanol–water partition coefficient (Wildman–Crippen LogP) is 2.57. The Morgan fingerprint density at radius 2 is 1.93 bits per heavy atom. The van der Waals surface area contributed by atoms with E-state index >= 15 is 0 Å². The summed E-state index contributed by atoms with van der Waals surface area (Å²) >= 11 is 0. The Bertz CT molecular complexity index is 881. The number of rotatable bonds is 8. The Kier molecular flexibility index (Phi) is 6.85. The van der Waals surface area contributed by atoms with Gasteiger partial charge >= 0.3 is 0 Å². The highest BCUT2D eigenvalue weighted by Crippen LogP contribution is 2.27. The third-order valence-corrected chi connectivity index (χ3v) is 4.60. The fourth-order valence-corrected chi connectivity index (χ4v) is 3.09.